The van der Waals surface area contributed by atoms with E-state index in [9.17, 15) is 0 Å². The Labute approximate surface area is 193 Å². The summed E-state index contributed by atoms with van der Waals surface area (Å²) in [7, 11) is 0. The molecule has 0 radical (unpaired) electrons. The number of benzene rings is 1. The van der Waals surface area contributed by atoms with E-state index in [1.54, 1.807) is 0 Å². The Morgan fingerprint density at radius 1 is 1.00 bits per heavy atom. The van der Waals surface area contributed by atoms with Gasteiger partial charge in [0.2, 0.25) is 0 Å². The van der Waals surface area contributed by atoms with E-state index in [2.05, 4.69) is 78.5 Å². The minimum Gasteiger partial charge on any atom is -0.368 e. The van der Waals surface area contributed by atoms with Crippen molar-refractivity contribution in [2.75, 3.05) is 26.2 Å². The number of fused-ring (bicyclic) bond motifs is 1. The second-order valence-corrected chi connectivity index (χ2v) is 9.57. The van der Waals surface area contributed by atoms with Crippen molar-refractivity contribution in [2.45, 2.75) is 40.0 Å². The molecule has 1 N–H and O–H groups in total. The van der Waals surface area contributed by atoms with E-state index in [0.29, 0.717) is 17.8 Å². The lowest BCUT2D eigenvalue weighted by Gasteiger charge is -2.40. The smallest absolute Gasteiger partial charge is 0.0649 e. The first-order valence-corrected chi connectivity index (χ1v) is 12.3. The Bertz CT molecular complexity index is 891. The molecule has 0 aromatic heterocycles. The maximum atomic E-state index is 6.72. The lowest BCUT2D eigenvalue weighted by atomic mass is 9.86. The van der Waals surface area contributed by atoms with Crippen molar-refractivity contribution in [3.8, 4) is 0 Å². The summed E-state index contributed by atoms with van der Waals surface area (Å²) >= 11 is 6.72. The van der Waals surface area contributed by atoms with Gasteiger partial charge in [0.1, 0.15) is 0 Å². The van der Waals surface area contributed by atoms with Crippen molar-refractivity contribution in [2.24, 2.45) is 17.8 Å². The molecule has 31 heavy (non-hydrogen) atoms. The molecule has 3 atom stereocenters. The van der Waals surface area contributed by atoms with Crippen LogP contribution in [0.15, 0.2) is 66.2 Å². The predicted octanol–water partition coefficient (Wildman–Crippen LogP) is 6.28. The fourth-order valence-electron chi connectivity index (χ4n) is 4.93. The van der Waals surface area contributed by atoms with Gasteiger partial charge in [-0.05, 0) is 43.1 Å². The first kappa shape index (κ1) is 22.2. The molecule has 3 aliphatic rings. The van der Waals surface area contributed by atoms with Crippen LogP contribution in [-0.4, -0.2) is 36.0 Å². The number of hydrogen-bond donors (Lipinski definition) is 1. The Morgan fingerprint density at radius 2 is 1.77 bits per heavy atom. The van der Waals surface area contributed by atoms with Gasteiger partial charge in [-0.2, -0.15) is 0 Å². The first-order chi connectivity index (χ1) is 15.1. The van der Waals surface area contributed by atoms with Crippen molar-refractivity contribution in [3.05, 3.63) is 76.7 Å². The van der Waals surface area contributed by atoms with E-state index in [1.807, 2.05) is 12.1 Å². The van der Waals surface area contributed by atoms with Crippen LogP contribution in [0.1, 0.15) is 45.6 Å². The van der Waals surface area contributed by atoms with Crippen LogP contribution < -0.4 is 5.32 Å². The molecule has 0 aliphatic carbocycles. The quantitative estimate of drug-likeness (QED) is 0.600. The number of allylic oxidation sites excluding steroid dienone is 4. The summed E-state index contributed by atoms with van der Waals surface area (Å²) in [6.07, 6.45) is 15.3. The van der Waals surface area contributed by atoms with E-state index in [0.717, 1.165) is 56.0 Å². The summed E-state index contributed by atoms with van der Waals surface area (Å²) in [5.41, 5.74) is 5.00. The van der Waals surface area contributed by atoms with E-state index in [1.165, 1.54) is 17.1 Å². The van der Waals surface area contributed by atoms with Gasteiger partial charge in [0.05, 0.1) is 17.1 Å². The number of nitrogens with one attached hydrogen (secondary N) is 1. The Kier molecular flexibility index (Phi) is 7.24. The third-order valence-electron chi connectivity index (χ3n) is 6.85. The van der Waals surface area contributed by atoms with Crippen molar-refractivity contribution in [3.63, 3.8) is 0 Å². The standard InChI is InChI=1S/C27H36ClN3/c1-4-22-19-27-25(30-16-13-29-14-17-30)12-11-20(2)18-26(23-9-5-6-10-24(23)28)31(27)15-7-8-21(22)3/h5-7,9-10,12,15,18-22,29H,4,8,11,13-14,16-17H2,1-3H3. The third kappa shape index (κ3) is 4.94. The van der Waals surface area contributed by atoms with Crippen molar-refractivity contribution in [1.82, 2.24) is 15.1 Å². The fraction of sp³-hybridized carbons (Fsp3) is 0.481. The zero-order valence-electron chi connectivity index (χ0n) is 19.2. The molecule has 4 rings (SSSR count). The molecule has 0 amide bonds. The fourth-order valence-corrected chi connectivity index (χ4v) is 5.16. The minimum atomic E-state index is 0.436. The zero-order valence-corrected chi connectivity index (χ0v) is 19.9. The van der Waals surface area contributed by atoms with E-state index in [4.69, 9.17) is 11.6 Å². The Morgan fingerprint density at radius 3 is 2.52 bits per heavy atom. The highest BCUT2D eigenvalue weighted by molar-refractivity contribution is 6.32. The van der Waals surface area contributed by atoms with Gasteiger partial charge in [-0.15, -0.1) is 0 Å². The second kappa shape index (κ2) is 10.1. The summed E-state index contributed by atoms with van der Waals surface area (Å²) in [5.74, 6) is 1.63. The van der Waals surface area contributed by atoms with Crippen LogP contribution in [0, 0.1) is 17.8 Å². The average Bonchev–Trinajstić information content (AvgIpc) is 2.77. The van der Waals surface area contributed by atoms with Gasteiger partial charge in [0.15, 0.2) is 0 Å². The number of rotatable bonds is 3. The molecule has 0 spiro atoms. The highest BCUT2D eigenvalue weighted by atomic mass is 35.5. The number of piperazine rings is 1. The van der Waals surface area contributed by atoms with Gasteiger partial charge in [-0.1, -0.05) is 74.9 Å². The van der Waals surface area contributed by atoms with Gasteiger partial charge < -0.3 is 15.1 Å². The van der Waals surface area contributed by atoms with Gasteiger partial charge in [0.25, 0.3) is 0 Å². The summed E-state index contributed by atoms with van der Waals surface area (Å²) in [5, 5.41) is 4.32. The maximum Gasteiger partial charge on any atom is 0.0649 e. The average molecular weight is 438 g/mol. The molecular weight excluding hydrogens is 402 g/mol. The van der Waals surface area contributed by atoms with Gasteiger partial charge in [-0.25, -0.2) is 0 Å². The highest BCUT2D eigenvalue weighted by Gasteiger charge is 2.28. The molecule has 166 valence electrons. The van der Waals surface area contributed by atoms with Gasteiger partial charge in [-0.3, -0.25) is 0 Å². The molecule has 1 fully saturated rings. The highest BCUT2D eigenvalue weighted by Crippen LogP contribution is 2.39. The van der Waals surface area contributed by atoms with Crippen LogP contribution in [0.4, 0.5) is 0 Å². The van der Waals surface area contributed by atoms with Crippen LogP contribution in [-0.2, 0) is 0 Å². The maximum absolute atomic E-state index is 6.72. The van der Waals surface area contributed by atoms with Gasteiger partial charge in [0, 0.05) is 43.0 Å². The lowest BCUT2D eigenvalue weighted by Crippen LogP contribution is -2.44. The summed E-state index contributed by atoms with van der Waals surface area (Å²) in [4.78, 5) is 4.99. The molecule has 4 heteroatoms. The van der Waals surface area contributed by atoms with Crippen LogP contribution in [0.2, 0.25) is 5.02 Å². The summed E-state index contributed by atoms with van der Waals surface area (Å²) in [6.45, 7) is 11.2. The molecule has 3 aliphatic heterocycles. The van der Waals surface area contributed by atoms with E-state index >= 15 is 0 Å². The van der Waals surface area contributed by atoms with Gasteiger partial charge >= 0.3 is 0 Å². The van der Waals surface area contributed by atoms with Crippen molar-refractivity contribution < 1.29 is 0 Å². The van der Waals surface area contributed by atoms with Crippen molar-refractivity contribution in [1.29, 1.82) is 0 Å². The summed E-state index contributed by atoms with van der Waals surface area (Å²) in [6, 6.07) is 8.26. The predicted molar refractivity (Wildman–Crippen MR) is 132 cm³/mol. The van der Waals surface area contributed by atoms with Crippen molar-refractivity contribution >= 4 is 17.3 Å². The zero-order chi connectivity index (χ0) is 21.8. The molecule has 0 bridgehead atoms. The van der Waals surface area contributed by atoms with Crippen LogP contribution >= 0.6 is 11.6 Å². The number of hydrogen-bond acceptors (Lipinski definition) is 3. The van der Waals surface area contributed by atoms with Crippen LogP contribution in [0.3, 0.4) is 0 Å². The number of nitrogens with zero attached hydrogens (tertiary/aromatic N) is 2. The molecule has 3 nitrogen and oxygen atoms in total. The molecule has 3 unspecified atom stereocenters. The molecule has 1 saturated heterocycles. The lowest BCUT2D eigenvalue weighted by molar-refractivity contribution is 0.291. The molecular formula is C27H36ClN3. The monoisotopic (exact) mass is 437 g/mol. The molecule has 1 aromatic carbocycles. The normalized spacial score (nSPS) is 27.2. The topological polar surface area (TPSA) is 18.5 Å². The van der Waals surface area contributed by atoms with Crippen LogP contribution in [0.5, 0.6) is 0 Å². The Balaban J connectivity index is 1.87. The largest absolute Gasteiger partial charge is 0.368 e. The number of halogens is 1. The van der Waals surface area contributed by atoms with E-state index < -0.39 is 0 Å². The minimum absolute atomic E-state index is 0.436. The molecule has 1 aromatic rings. The molecule has 0 saturated carbocycles. The first-order valence-electron chi connectivity index (χ1n) is 11.9. The second-order valence-electron chi connectivity index (χ2n) is 9.16. The Hall–Kier alpha value is -1.97. The third-order valence-corrected chi connectivity index (χ3v) is 7.18. The van der Waals surface area contributed by atoms with Crippen LogP contribution in [0.25, 0.3) is 5.70 Å². The molecule has 3 heterocycles. The SMILES string of the molecule is CCC1C=C2C(N3CCNCC3)=CCC(C)C=C(c3ccccc3Cl)N2C=CCC1C. The van der Waals surface area contributed by atoms with E-state index in [-0.39, 0.29) is 0 Å². The summed E-state index contributed by atoms with van der Waals surface area (Å²) < 4.78 is 0.